The minimum Gasteiger partial charge on any atom is -0.322 e. The van der Waals surface area contributed by atoms with Crippen LogP contribution in [0.5, 0.6) is 0 Å². The predicted octanol–water partition coefficient (Wildman–Crippen LogP) is 6.88. The Morgan fingerprint density at radius 1 is 0.800 bits per heavy atom. The third-order valence-electron chi connectivity index (χ3n) is 6.41. The molecule has 0 radical (unpaired) electrons. The highest BCUT2D eigenvalue weighted by molar-refractivity contribution is 6.13. The fourth-order valence-corrected chi connectivity index (χ4v) is 4.33. The number of carbonyl (C=O) groups excluding carboxylic acids is 1. The summed E-state index contributed by atoms with van der Waals surface area (Å²) < 4.78 is 1.91. The van der Waals surface area contributed by atoms with Gasteiger partial charge in [-0.3, -0.25) is 4.79 Å². The van der Waals surface area contributed by atoms with Crippen LogP contribution >= 0.6 is 0 Å². The van der Waals surface area contributed by atoms with Crippen molar-refractivity contribution in [2.24, 2.45) is 0 Å². The van der Waals surface area contributed by atoms with Crippen LogP contribution in [-0.4, -0.2) is 20.7 Å². The highest BCUT2D eigenvalue weighted by Gasteiger charge is 2.18. The van der Waals surface area contributed by atoms with E-state index in [9.17, 15) is 4.79 Å². The Morgan fingerprint density at radius 3 is 2.26 bits per heavy atom. The molecule has 0 aliphatic carbocycles. The number of rotatable bonds is 4. The van der Waals surface area contributed by atoms with Crippen LogP contribution in [0.4, 0.5) is 5.69 Å². The first-order valence-electron chi connectivity index (χ1n) is 11.7. The number of anilines is 1. The quantitative estimate of drug-likeness (QED) is 0.318. The molecule has 5 aromatic rings. The number of hydrogen-bond acceptors (Lipinski definition) is 3. The van der Waals surface area contributed by atoms with Crippen molar-refractivity contribution in [3.05, 3.63) is 106 Å². The Kier molecular flexibility index (Phi) is 5.69. The van der Waals surface area contributed by atoms with E-state index in [0.29, 0.717) is 5.56 Å². The topological polar surface area (TPSA) is 59.8 Å². The van der Waals surface area contributed by atoms with Gasteiger partial charge in [-0.15, -0.1) is 0 Å². The van der Waals surface area contributed by atoms with Crippen LogP contribution < -0.4 is 5.32 Å². The average molecular weight is 461 g/mol. The second kappa shape index (κ2) is 8.84. The molecule has 2 heterocycles. The normalized spacial score (nSPS) is 11.1. The summed E-state index contributed by atoms with van der Waals surface area (Å²) in [4.78, 5) is 18.5. The van der Waals surface area contributed by atoms with Crippen molar-refractivity contribution >= 4 is 22.5 Å². The third kappa shape index (κ3) is 4.33. The van der Waals surface area contributed by atoms with Gasteiger partial charge >= 0.3 is 0 Å². The van der Waals surface area contributed by atoms with Gasteiger partial charge in [0, 0.05) is 16.6 Å². The molecular formula is C30H28N4O. The largest absolute Gasteiger partial charge is 0.322 e. The molecule has 0 atom stereocenters. The molecule has 5 nitrogen and oxygen atoms in total. The van der Waals surface area contributed by atoms with Gasteiger partial charge in [0.15, 0.2) is 0 Å². The van der Waals surface area contributed by atoms with Crippen LogP contribution in [0.25, 0.3) is 27.8 Å². The second-order valence-corrected chi connectivity index (χ2v) is 9.24. The van der Waals surface area contributed by atoms with Crippen LogP contribution in [0.3, 0.4) is 0 Å². The Labute approximate surface area is 205 Å². The summed E-state index contributed by atoms with van der Waals surface area (Å²) in [6.45, 7) is 10.1. The number of amides is 1. The van der Waals surface area contributed by atoms with E-state index >= 15 is 0 Å². The lowest BCUT2D eigenvalue weighted by Gasteiger charge is -2.13. The van der Waals surface area contributed by atoms with Gasteiger partial charge < -0.3 is 5.32 Å². The molecule has 0 saturated carbocycles. The van der Waals surface area contributed by atoms with Gasteiger partial charge in [0.05, 0.1) is 34.4 Å². The number of benzene rings is 3. The molecule has 0 spiro atoms. The Bertz CT molecular complexity index is 1580. The van der Waals surface area contributed by atoms with E-state index in [0.717, 1.165) is 55.9 Å². The van der Waals surface area contributed by atoms with Crippen LogP contribution in [0.15, 0.2) is 72.9 Å². The smallest absolute Gasteiger partial charge is 0.256 e. The fourth-order valence-electron chi connectivity index (χ4n) is 4.33. The zero-order valence-electron chi connectivity index (χ0n) is 20.7. The molecule has 1 N–H and O–H groups in total. The number of hydrogen-bond donors (Lipinski definition) is 1. The van der Waals surface area contributed by atoms with E-state index in [1.165, 1.54) is 5.56 Å². The lowest BCUT2D eigenvalue weighted by atomic mass is 10.0. The van der Waals surface area contributed by atoms with Crippen molar-refractivity contribution in [1.82, 2.24) is 14.8 Å². The monoisotopic (exact) mass is 460 g/mol. The molecule has 0 aliphatic rings. The lowest BCUT2D eigenvalue weighted by Crippen LogP contribution is -2.14. The number of carbonyl (C=O) groups is 1. The van der Waals surface area contributed by atoms with Gasteiger partial charge in [0.1, 0.15) is 0 Å². The van der Waals surface area contributed by atoms with E-state index in [2.05, 4.69) is 41.6 Å². The second-order valence-electron chi connectivity index (χ2n) is 9.24. The maximum absolute atomic E-state index is 13.6. The minimum atomic E-state index is -0.151. The SMILES string of the molecule is Cc1ccc(-n2ncc(-c3cc(C(=O)Nc4cc(C)ccc4C)c4cc(C)ccc4n3)c2C)cc1. The Hall–Kier alpha value is -4.25. The molecule has 1 amide bonds. The van der Waals surface area contributed by atoms with Gasteiger partial charge in [-0.1, -0.05) is 41.5 Å². The highest BCUT2D eigenvalue weighted by atomic mass is 16.1. The summed E-state index contributed by atoms with van der Waals surface area (Å²) >= 11 is 0. The molecular weight excluding hydrogens is 432 g/mol. The molecule has 0 bridgehead atoms. The zero-order chi connectivity index (χ0) is 24.7. The van der Waals surface area contributed by atoms with Gasteiger partial charge in [-0.05, 0) is 82.1 Å². The molecule has 3 aromatic carbocycles. The van der Waals surface area contributed by atoms with Crippen LogP contribution in [0.1, 0.15) is 38.3 Å². The summed E-state index contributed by atoms with van der Waals surface area (Å²) in [6.07, 6.45) is 1.82. The van der Waals surface area contributed by atoms with E-state index in [-0.39, 0.29) is 5.91 Å². The van der Waals surface area contributed by atoms with Gasteiger partial charge in [0.2, 0.25) is 0 Å². The predicted molar refractivity (Wildman–Crippen MR) is 142 cm³/mol. The van der Waals surface area contributed by atoms with Crippen molar-refractivity contribution in [1.29, 1.82) is 0 Å². The summed E-state index contributed by atoms with van der Waals surface area (Å²) in [6, 6.07) is 22.2. The molecule has 0 unspecified atom stereocenters. The van der Waals surface area contributed by atoms with Crippen LogP contribution in [-0.2, 0) is 0 Å². The maximum atomic E-state index is 13.6. The van der Waals surface area contributed by atoms with Crippen molar-refractivity contribution < 1.29 is 4.79 Å². The van der Waals surface area contributed by atoms with Crippen molar-refractivity contribution in [3.8, 4) is 16.9 Å². The standard InChI is InChI=1S/C30H28N4O/c1-18-7-11-23(12-8-18)34-22(5)26(17-31-34)29-16-25(24-14-19(2)9-13-27(24)32-29)30(35)33-28-15-20(3)6-10-21(28)4/h6-17H,1-5H3,(H,33,35). The highest BCUT2D eigenvalue weighted by Crippen LogP contribution is 2.29. The maximum Gasteiger partial charge on any atom is 0.256 e. The van der Waals surface area contributed by atoms with Crippen LogP contribution in [0, 0.1) is 34.6 Å². The molecule has 5 rings (SSSR count). The number of fused-ring (bicyclic) bond motifs is 1. The first kappa shape index (κ1) is 22.5. The number of aromatic nitrogens is 3. The average Bonchev–Trinajstić information content (AvgIpc) is 3.22. The molecule has 2 aromatic heterocycles. The number of nitrogens with one attached hydrogen (secondary N) is 1. The van der Waals surface area contributed by atoms with Gasteiger partial charge in [-0.2, -0.15) is 5.10 Å². The molecule has 0 saturated heterocycles. The van der Waals surface area contributed by atoms with E-state index in [1.54, 1.807) is 0 Å². The van der Waals surface area contributed by atoms with Gasteiger partial charge in [0.25, 0.3) is 5.91 Å². The van der Waals surface area contributed by atoms with Crippen molar-refractivity contribution in [2.75, 3.05) is 5.32 Å². The fraction of sp³-hybridized carbons (Fsp3) is 0.167. The van der Waals surface area contributed by atoms with Crippen molar-refractivity contribution in [3.63, 3.8) is 0 Å². The Morgan fingerprint density at radius 2 is 1.49 bits per heavy atom. The van der Waals surface area contributed by atoms with E-state index in [1.807, 2.05) is 81.0 Å². The first-order chi connectivity index (χ1) is 16.8. The summed E-state index contributed by atoms with van der Waals surface area (Å²) in [5.74, 6) is -0.151. The summed E-state index contributed by atoms with van der Waals surface area (Å²) in [7, 11) is 0. The number of aryl methyl sites for hydroxylation is 4. The third-order valence-corrected chi connectivity index (χ3v) is 6.41. The lowest BCUT2D eigenvalue weighted by molar-refractivity contribution is 0.102. The summed E-state index contributed by atoms with van der Waals surface area (Å²) in [5.41, 5.74) is 10.2. The first-order valence-corrected chi connectivity index (χ1v) is 11.7. The summed E-state index contributed by atoms with van der Waals surface area (Å²) in [5, 5.41) is 8.58. The molecule has 0 aliphatic heterocycles. The zero-order valence-corrected chi connectivity index (χ0v) is 20.7. The molecule has 5 heteroatoms. The van der Waals surface area contributed by atoms with E-state index in [4.69, 9.17) is 4.98 Å². The Balaban J connectivity index is 1.62. The molecule has 0 fully saturated rings. The number of pyridine rings is 1. The van der Waals surface area contributed by atoms with E-state index < -0.39 is 0 Å². The molecule has 174 valence electrons. The van der Waals surface area contributed by atoms with Crippen LogP contribution in [0.2, 0.25) is 0 Å². The number of nitrogens with zero attached hydrogens (tertiary/aromatic N) is 3. The minimum absolute atomic E-state index is 0.151. The van der Waals surface area contributed by atoms with Gasteiger partial charge in [-0.25, -0.2) is 9.67 Å². The van der Waals surface area contributed by atoms with Crippen molar-refractivity contribution in [2.45, 2.75) is 34.6 Å². The molecule has 35 heavy (non-hydrogen) atoms.